The maximum absolute atomic E-state index is 11.7. The van der Waals surface area contributed by atoms with Crippen molar-refractivity contribution in [1.82, 2.24) is 0 Å². The van der Waals surface area contributed by atoms with Crippen LogP contribution >= 0.6 is 0 Å². The molecule has 0 saturated carbocycles. The molecule has 1 unspecified atom stereocenters. The lowest BCUT2D eigenvalue weighted by Gasteiger charge is -2.29. The average Bonchev–Trinajstić information content (AvgIpc) is 2.59. The van der Waals surface area contributed by atoms with E-state index in [4.69, 9.17) is 4.74 Å². The number of ether oxygens (including phenoxy) is 1. The van der Waals surface area contributed by atoms with Gasteiger partial charge in [0.1, 0.15) is 11.5 Å². The second-order valence-corrected chi connectivity index (χ2v) is 9.35. The third-order valence-electron chi connectivity index (χ3n) is 5.04. The molecule has 2 aromatic carbocycles. The molecule has 28 heavy (non-hydrogen) atoms. The van der Waals surface area contributed by atoms with Gasteiger partial charge in [-0.2, -0.15) is 0 Å². The predicted octanol–water partition coefficient (Wildman–Crippen LogP) is 6.23. The summed E-state index contributed by atoms with van der Waals surface area (Å²) in [5.74, 6) is 0.135. The van der Waals surface area contributed by atoms with Crippen LogP contribution in [0.3, 0.4) is 0 Å². The maximum Gasteiger partial charge on any atom is 0.335 e. The van der Waals surface area contributed by atoms with Crippen molar-refractivity contribution in [3.63, 3.8) is 0 Å². The number of phenolic OH excluding ortho intramolecular Hbond substituents is 1. The lowest BCUT2D eigenvalue weighted by Crippen LogP contribution is -2.18. The van der Waals surface area contributed by atoms with Gasteiger partial charge in [0.15, 0.2) is 0 Å². The van der Waals surface area contributed by atoms with Gasteiger partial charge in [0.2, 0.25) is 0 Å². The molecule has 0 heterocycles. The minimum Gasteiger partial charge on any atom is -0.507 e. The van der Waals surface area contributed by atoms with Crippen molar-refractivity contribution < 1.29 is 14.6 Å². The molecule has 0 aliphatic carbocycles. The topological polar surface area (TPSA) is 46.5 Å². The molecule has 0 aliphatic rings. The molecule has 0 radical (unpaired) electrons. The van der Waals surface area contributed by atoms with Gasteiger partial charge >= 0.3 is 5.97 Å². The smallest absolute Gasteiger partial charge is 0.335 e. The number of carbonyl (C=O) groups excluding carboxylic acids is 1. The minimum atomic E-state index is -0.498. The van der Waals surface area contributed by atoms with E-state index in [0.717, 1.165) is 28.3 Å². The first-order valence-electron chi connectivity index (χ1n) is 9.67. The number of carbonyl (C=O) groups is 1. The third kappa shape index (κ3) is 4.64. The van der Waals surface area contributed by atoms with Crippen LogP contribution in [0.4, 0.5) is 0 Å². The van der Waals surface area contributed by atoms with E-state index in [9.17, 15) is 9.90 Å². The monoisotopic (exact) mass is 380 g/mol. The molecule has 2 rings (SSSR count). The van der Waals surface area contributed by atoms with Gasteiger partial charge in [-0.25, -0.2) is 4.79 Å². The van der Waals surface area contributed by atoms with Gasteiger partial charge in [-0.3, -0.25) is 0 Å². The first kappa shape index (κ1) is 21.7. The number of benzene rings is 2. The Kier molecular flexibility index (Phi) is 6.08. The fourth-order valence-electron chi connectivity index (χ4n) is 3.24. The van der Waals surface area contributed by atoms with Crippen LogP contribution in [-0.2, 0) is 15.6 Å². The van der Waals surface area contributed by atoms with E-state index in [-0.39, 0.29) is 16.7 Å². The molecular formula is C25H32O3. The molecule has 3 heteroatoms. The van der Waals surface area contributed by atoms with Gasteiger partial charge in [-0.15, -0.1) is 0 Å². The fraction of sp³-hybridized carbons (Fsp3) is 0.400. The Hall–Kier alpha value is -2.55. The molecule has 1 atom stereocenters. The summed E-state index contributed by atoms with van der Waals surface area (Å²) in [4.78, 5) is 11.7. The molecule has 0 saturated heterocycles. The van der Waals surface area contributed by atoms with Crippen LogP contribution in [0, 0.1) is 0 Å². The zero-order valence-electron chi connectivity index (χ0n) is 18.1. The highest BCUT2D eigenvalue weighted by molar-refractivity contribution is 5.83. The van der Waals surface area contributed by atoms with Crippen molar-refractivity contribution in [3.8, 4) is 11.5 Å². The van der Waals surface area contributed by atoms with Crippen molar-refractivity contribution in [2.24, 2.45) is 0 Å². The maximum atomic E-state index is 11.7. The second kappa shape index (κ2) is 7.83. The molecule has 2 aromatic rings. The lowest BCUT2D eigenvalue weighted by atomic mass is 9.76. The summed E-state index contributed by atoms with van der Waals surface area (Å²) < 4.78 is 5.43. The number of esters is 1. The van der Waals surface area contributed by atoms with Crippen LogP contribution in [0.2, 0.25) is 0 Å². The highest BCUT2D eigenvalue weighted by Crippen LogP contribution is 2.43. The lowest BCUT2D eigenvalue weighted by molar-refractivity contribution is -0.129. The van der Waals surface area contributed by atoms with Crippen LogP contribution in [0.25, 0.3) is 0 Å². The Morgan fingerprint density at radius 2 is 1.64 bits per heavy atom. The van der Waals surface area contributed by atoms with Crippen LogP contribution in [-0.4, -0.2) is 11.1 Å². The molecule has 0 bridgehead atoms. The van der Waals surface area contributed by atoms with E-state index >= 15 is 0 Å². The average molecular weight is 381 g/mol. The molecule has 150 valence electrons. The summed E-state index contributed by atoms with van der Waals surface area (Å²) in [6, 6.07) is 11.6. The van der Waals surface area contributed by atoms with Crippen LogP contribution in [0.15, 0.2) is 49.1 Å². The van der Waals surface area contributed by atoms with Gasteiger partial charge < -0.3 is 9.84 Å². The first-order valence-corrected chi connectivity index (χ1v) is 9.67. The third-order valence-corrected chi connectivity index (χ3v) is 5.04. The zero-order valence-corrected chi connectivity index (χ0v) is 18.1. The number of rotatable bonds is 4. The summed E-state index contributed by atoms with van der Waals surface area (Å²) >= 11 is 0. The Balaban J connectivity index is 2.68. The quantitative estimate of drug-likeness (QED) is 0.388. The molecule has 0 amide bonds. The van der Waals surface area contributed by atoms with Gasteiger partial charge in [-0.05, 0) is 28.0 Å². The van der Waals surface area contributed by atoms with Gasteiger partial charge in [0, 0.05) is 23.1 Å². The summed E-state index contributed by atoms with van der Waals surface area (Å²) in [6.45, 7) is 18.3. The van der Waals surface area contributed by atoms with E-state index in [1.165, 1.54) is 0 Å². The number of aromatic hydroxyl groups is 1. The summed E-state index contributed by atoms with van der Waals surface area (Å²) in [5.41, 5.74) is 3.50. The summed E-state index contributed by atoms with van der Waals surface area (Å²) in [5, 5.41) is 11.1. The number of hydrogen-bond acceptors (Lipinski definition) is 3. The highest BCUT2D eigenvalue weighted by Gasteiger charge is 2.28. The van der Waals surface area contributed by atoms with E-state index in [1.54, 1.807) is 6.07 Å². The van der Waals surface area contributed by atoms with Crippen molar-refractivity contribution in [3.05, 3.63) is 71.3 Å². The second-order valence-electron chi connectivity index (χ2n) is 9.35. The van der Waals surface area contributed by atoms with Crippen molar-refractivity contribution in [2.75, 3.05) is 0 Å². The molecule has 0 aromatic heterocycles. The Morgan fingerprint density at radius 1 is 1.04 bits per heavy atom. The van der Waals surface area contributed by atoms with Gasteiger partial charge in [-0.1, -0.05) is 85.4 Å². The molecule has 0 fully saturated rings. The predicted molar refractivity (Wildman–Crippen MR) is 115 cm³/mol. The van der Waals surface area contributed by atoms with Crippen LogP contribution in [0.1, 0.15) is 76.6 Å². The SMILES string of the molecule is C=CC(=O)Oc1ccccc1C(C)c1cc(C(C)(C)C)cc(C(C)(C)C)c1O. The highest BCUT2D eigenvalue weighted by atomic mass is 16.5. The molecular weight excluding hydrogens is 348 g/mol. The number of hydrogen-bond donors (Lipinski definition) is 1. The molecule has 1 N–H and O–H groups in total. The molecule has 0 spiro atoms. The molecule has 0 aliphatic heterocycles. The Bertz CT molecular complexity index is 880. The number of para-hydroxylation sites is 1. The standard InChI is InChI=1S/C25H32O3/c1-9-22(26)28-21-13-11-10-12-18(21)16(2)19-14-17(24(3,4)5)15-20(23(19)27)25(6,7)8/h9-16,27H,1H2,2-8H3. The largest absolute Gasteiger partial charge is 0.507 e. The first-order chi connectivity index (χ1) is 12.9. The van der Waals surface area contributed by atoms with Crippen molar-refractivity contribution in [2.45, 2.75) is 65.2 Å². The van der Waals surface area contributed by atoms with Crippen molar-refractivity contribution in [1.29, 1.82) is 0 Å². The Labute approximate surface area is 169 Å². The van der Waals surface area contributed by atoms with Gasteiger partial charge in [0.05, 0.1) is 0 Å². The summed E-state index contributed by atoms with van der Waals surface area (Å²) in [7, 11) is 0. The summed E-state index contributed by atoms with van der Waals surface area (Å²) in [6.07, 6.45) is 1.15. The fourth-order valence-corrected chi connectivity index (χ4v) is 3.24. The van der Waals surface area contributed by atoms with Crippen LogP contribution in [0.5, 0.6) is 11.5 Å². The number of phenols is 1. The van der Waals surface area contributed by atoms with E-state index in [1.807, 2.05) is 25.1 Å². The minimum absolute atomic E-state index is 0.0585. The molecule has 3 nitrogen and oxygen atoms in total. The van der Waals surface area contributed by atoms with E-state index < -0.39 is 5.97 Å². The Morgan fingerprint density at radius 3 is 2.18 bits per heavy atom. The zero-order chi connectivity index (χ0) is 21.3. The van der Waals surface area contributed by atoms with Gasteiger partial charge in [0.25, 0.3) is 0 Å². The normalized spacial score (nSPS) is 13.1. The van der Waals surface area contributed by atoms with Crippen LogP contribution < -0.4 is 4.74 Å². The van der Waals surface area contributed by atoms with E-state index in [2.05, 4.69) is 60.3 Å². The van der Waals surface area contributed by atoms with E-state index in [0.29, 0.717) is 11.5 Å². The van der Waals surface area contributed by atoms with Crippen molar-refractivity contribution >= 4 is 5.97 Å².